The molecule has 1 spiro atoms. The molecule has 200 valence electrons. The number of likely N-dealkylation sites (tertiary alicyclic amines) is 1. The number of rotatable bonds is 9. The fourth-order valence-corrected chi connectivity index (χ4v) is 6.80. The van der Waals surface area contributed by atoms with Crippen LogP contribution in [0.3, 0.4) is 0 Å². The van der Waals surface area contributed by atoms with Crippen LogP contribution in [0.2, 0.25) is 0 Å². The number of piperidine rings is 1. The van der Waals surface area contributed by atoms with E-state index < -0.39 is 5.54 Å². The van der Waals surface area contributed by atoms with Gasteiger partial charge in [-0.15, -0.1) is 0 Å². The average molecular weight is 496 g/mol. The van der Waals surface area contributed by atoms with E-state index in [2.05, 4.69) is 59.3 Å². The second-order valence-corrected chi connectivity index (χ2v) is 12.0. The number of hydrogen-bond acceptors (Lipinski definition) is 3. The summed E-state index contributed by atoms with van der Waals surface area (Å²) >= 11 is 0. The van der Waals surface area contributed by atoms with Crippen molar-refractivity contribution in [2.45, 2.75) is 121 Å². The molecule has 1 aromatic carbocycles. The van der Waals surface area contributed by atoms with Crippen LogP contribution in [-0.2, 0) is 16.0 Å². The number of unbranched alkanes of at least 4 members (excludes halogenated alkanes) is 2. The highest BCUT2D eigenvalue weighted by Gasteiger charge is 2.55. The Bertz CT molecular complexity index is 823. The van der Waals surface area contributed by atoms with Crippen LogP contribution >= 0.6 is 0 Å². The number of hydrogen-bond donors (Lipinski definition) is 1. The second kappa shape index (κ2) is 13.1. The molecule has 1 aliphatic carbocycles. The zero-order valence-electron chi connectivity index (χ0n) is 22.9. The monoisotopic (exact) mass is 495 g/mol. The lowest BCUT2D eigenvalue weighted by atomic mass is 9.78. The minimum absolute atomic E-state index is 0.123. The number of carbonyl (C=O) groups excluding carboxylic acids is 2. The first-order valence-electron chi connectivity index (χ1n) is 14.9. The standard InChI is InChI=1S/C31H49N3O2/c1-25(2)24-28-29(35)34(27-17-11-4-3-5-12-18-27)31(30(36)32-28)19-22-33(23-20-31)21-13-7-10-16-26-14-8-6-9-15-26/h6,8-9,14-15,25,27-28H,3-5,7,10-13,16-24H2,1-2H3,(H,32,36)/t28-/m0/s1. The predicted molar refractivity (Wildman–Crippen MR) is 147 cm³/mol. The maximum atomic E-state index is 13.9. The Morgan fingerprint density at radius 2 is 1.58 bits per heavy atom. The van der Waals surface area contributed by atoms with Crippen LogP contribution in [0.1, 0.15) is 103 Å². The van der Waals surface area contributed by atoms with Crippen LogP contribution < -0.4 is 5.32 Å². The van der Waals surface area contributed by atoms with Crippen LogP contribution in [0.15, 0.2) is 30.3 Å². The molecule has 2 amide bonds. The maximum Gasteiger partial charge on any atom is 0.246 e. The number of benzene rings is 1. The maximum absolute atomic E-state index is 13.9. The van der Waals surface area contributed by atoms with Crippen molar-refractivity contribution in [3.63, 3.8) is 0 Å². The van der Waals surface area contributed by atoms with Crippen molar-refractivity contribution in [2.75, 3.05) is 19.6 Å². The molecular weight excluding hydrogens is 446 g/mol. The normalized spacial score (nSPS) is 24.1. The Balaban J connectivity index is 1.36. The van der Waals surface area contributed by atoms with Gasteiger partial charge in [0.15, 0.2) is 0 Å². The van der Waals surface area contributed by atoms with Gasteiger partial charge in [0, 0.05) is 19.1 Å². The number of nitrogens with zero attached hydrogens (tertiary/aromatic N) is 2. The fraction of sp³-hybridized carbons (Fsp3) is 0.742. The van der Waals surface area contributed by atoms with E-state index in [0.29, 0.717) is 5.92 Å². The first-order valence-corrected chi connectivity index (χ1v) is 14.9. The van der Waals surface area contributed by atoms with Gasteiger partial charge in [-0.2, -0.15) is 0 Å². The van der Waals surface area contributed by atoms with Crippen molar-refractivity contribution in [3.05, 3.63) is 35.9 Å². The van der Waals surface area contributed by atoms with Crippen molar-refractivity contribution in [1.29, 1.82) is 0 Å². The van der Waals surface area contributed by atoms with Gasteiger partial charge >= 0.3 is 0 Å². The van der Waals surface area contributed by atoms with Gasteiger partial charge in [-0.1, -0.05) is 82.7 Å². The van der Waals surface area contributed by atoms with Crippen molar-refractivity contribution in [1.82, 2.24) is 15.1 Å². The van der Waals surface area contributed by atoms with Crippen LogP contribution in [0.4, 0.5) is 0 Å². The summed E-state index contributed by atoms with van der Waals surface area (Å²) in [7, 11) is 0. The number of nitrogens with one attached hydrogen (secondary N) is 1. The fourth-order valence-electron chi connectivity index (χ4n) is 6.80. The van der Waals surface area contributed by atoms with Crippen LogP contribution in [0.5, 0.6) is 0 Å². The molecule has 2 heterocycles. The van der Waals surface area contributed by atoms with Crippen molar-refractivity contribution in [2.24, 2.45) is 5.92 Å². The molecule has 4 rings (SSSR count). The summed E-state index contributed by atoms with van der Waals surface area (Å²) in [5.74, 6) is 0.705. The summed E-state index contributed by atoms with van der Waals surface area (Å²) in [6.45, 7) is 7.21. The van der Waals surface area contributed by atoms with Gasteiger partial charge in [-0.25, -0.2) is 0 Å². The molecule has 1 aromatic rings. The van der Waals surface area contributed by atoms with E-state index in [1.165, 1.54) is 56.9 Å². The molecule has 1 N–H and O–H groups in total. The molecule has 1 saturated carbocycles. The minimum Gasteiger partial charge on any atom is -0.342 e. The highest BCUT2D eigenvalue weighted by molar-refractivity contribution is 6.00. The first-order chi connectivity index (χ1) is 17.5. The van der Waals surface area contributed by atoms with Gasteiger partial charge in [0.1, 0.15) is 11.6 Å². The van der Waals surface area contributed by atoms with Crippen LogP contribution in [-0.4, -0.2) is 58.9 Å². The number of amides is 2. The topological polar surface area (TPSA) is 52.7 Å². The number of aryl methyl sites for hydroxylation is 1. The quantitative estimate of drug-likeness (QED) is 0.446. The molecule has 2 saturated heterocycles. The zero-order valence-corrected chi connectivity index (χ0v) is 22.9. The first kappa shape index (κ1) is 27.2. The summed E-state index contributed by atoms with van der Waals surface area (Å²) in [5, 5.41) is 3.20. The lowest BCUT2D eigenvalue weighted by Crippen LogP contribution is -2.74. The third kappa shape index (κ3) is 6.70. The highest BCUT2D eigenvalue weighted by atomic mass is 16.2. The Morgan fingerprint density at radius 1 is 0.917 bits per heavy atom. The van der Waals surface area contributed by atoms with E-state index in [0.717, 1.165) is 58.2 Å². The number of carbonyl (C=O) groups is 2. The summed E-state index contributed by atoms with van der Waals surface area (Å²) in [4.78, 5) is 32.3. The van der Waals surface area contributed by atoms with E-state index in [1.807, 2.05) is 0 Å². The molecule has 2 aliphatic heterocycles. The average Bonchev–Trinajstić information content (AvgIpc) is 2.85. The Morgan fingerprint density at radius 3 is 2.25 bits per heavy atom. The molecule has 36 heavy (non-hydrogen) atoms. The molecule has 0 bridgehead atoms. The van der Waals surface area contributed by atoms with E-state index in [9.17, 15) is 9.59 Å². The van der Waals surface area contributed by atoms with Gasteiger partial charge in [-0.3, -0.25) is 9.59 Å². The van der Waals surface area contributed by atoms with Gasteiger partial charge in [0.25, 0.3) is 0 Å². The third-order valence-electron chi connectivity index (χ3n) is 8.84. The Hall–Kier alpha value is -1.88. The smallest absolute Gasteiger partial charge is 0.246 e. The van der Waals surface area contributed by atoms with Gasteiger partial charge < -0.3 is 15.1 Å². The summed E-state index contributed by atoms with van der Waals surface area (Å²) in [5.41, 5.74) is 0.786. The predicted octanol–water partition coefficient (Wildman–Crippen LogP) is 5.72. The molecule has 3 aliphatic rings. The van der Waals surface area contributed by atoms with Crippen LogP contribution in [0.25, 0.3) is 0 Å². The SMILES string of the molecule is CC(C)C[C@@H]1NC(=O)C2(CCN(CCCCCc3ccccc3)CC2)N(C2CCCCCCC2)C1=O. The summed E-state index contributed by atoms with van der Waals surface area (Å²) in [6, 6.07) is 10.6. The van der Waals surface area contributed by atoms with Gasteiger partial charge in [0.05, 0.1) is 0 Å². The van der Waals surface area contributed by atoms with Gasteiger partial charge in [-0.05, 0) is 69.4 Å². The molecule has 3 fully saturated rings. The molecule has 5 nitrogen and oxygen atoms in total. The van der Waals surface area contributed by atoms with E-state index >= 15 is 0 Å². The molecule has 0 aromatic heterocycles. The van der Waals surface area contributed by atoms with E-state index in [1.54, 1.807) is 0 Å². The van der Waals surface area contributed by atoms with E-state index in [-0.39, 0.29) is 23.9 Å². The van der Waals surface area contributed by atoms with Gasteiger partial charge in [0.2, 0.25) is 11.8 Å². The number of piperazine rings is 1. The lowest BCUT2D eigenvalue weighted by molar-refractivity contribution is -0.166. The molecule has 0 unspecified atom stereocenters. The Kier molecular flexibility index (Phi) is 9.87. The molecule has 5 heteroatoms. The molecular formula is C31H49N3O2. The zero-order chi connectivity index (χ0) is 25.4. The Labute approximate surface area is 219 Å². The summed E-state index contributed by atoms with van der Waals surface area (Å²) in [6.07, 6.45) is 15.4. The largest absolute Gasteiger partial charge is 0.342 e. The second-order valence-electron chi connectivity index (χ2n) is 12.0. The highest BCUT2D eigenvalue weighted by Crippen LogP contribution is 2.38. The lowest BCUT2D eigenvalue weighted by Gasteiger charge is -2.54. The summed E-state index contributed by atoms with van der Waals surface area (Å²) < 4.78 is 0. The van der Waals surface area contributed by atoms with Crippen LogP contribution in [0, 0.1) is 5.92 Å². The van der Waals surface area contributed by atoms with Crippen molar-refractivity contribution >= 4 is 11.8 Å². The third-order valence-corrected chi connectivity index (χ3v) is 8.84. The minimum atomic E-state index is -0.641. The molecule has 1 atom stereocenters. The van der Waals surface area contributed by atoms with E-state index in [4.69, 9.17) is 0 Å². The van der Waals surface area contributed by atoms with Crippen molar-refractivity contribution < 1.29 is 9.59 Å². The molecule has 0 radical (unpaired) electrons. The van der Waals surface area contributed by atoms with Crippen molar-refractivity contribution in [3.8, 4) is 0 Å².